The van der Waals surface area contributed by atoms with Gasteiger partial charge in [-0.25, -0.2) is 4.57 Å². The van der Waals surface area contributed by atoms with Gasteiger partial charge < -0.3 is 9.42 Å². The Morgan fingerprint density at radius 1 is 1.12 bits per heavy atom. The van der Waals surface area contributed by atoms with E-state index in [9.17, 15) is 9.46 Å². The van der Waals surface area contributed by atoms with E-state index in [2.05, 4.69) is 6.92 Å². The smallest absolute Gasteiger partial charge is 0.413 e. The van der Waals surface area contributed by atoms with Crippen molar-refractivity contribution in [1.29, 1.82) is 0 Å². The topological polar surface area (TPSA) is 49.8 Å². The van der Waals surface area contributed by atoms with Crippen LogP contribution in [0.4, 0.5) is 0 Å². The molecule has 1 aromatic rings. The molecule has 132 valence electrons. The van der Waals surface area contributed by atoms with Crippen molar-refractivity contribution in [3.05, 3.63) is 30.3 Å². The molecule has 4 aliphatic rings. The van der Waals surface area contributed by atoms with Gasteiger partial charge in [0, 0.05) is 6.04 Å². The maximum atomic E-state index is 12.9. The first-order valence-corrected chi connectivity index (χ1v) is 10.7. The molecule has 4 aliphatic carbocycles. The van der Waals surface area contributed by atoms with Gasteiger partial charge >= 0.3 is 7.75 Å². The predicted octanol–water partition coefficient (Wildman–Crippen LogP) is 4.70. The lowest BCUT2D eigenvalue weighted by atomic mass is 9.48. The molecule has 0 amide bonds. The summed E-state index contributed by atoms with van der Waals surface area (Å²) in [6, 6.07) is 9.02. The number of hydrogen-bond donors (Lipinski definition) is 1. The second-order valence-electron chi connectivity index (χ2n) is 8.42. The van der Waals surface area contributed by atoms with Gasteiger partial charge in [0.25, 0.3) is 0 Å². The van der Waals surface area contributed by atoms with E-state index < -0.39 is 7.75 Å². The zero-order valence-corrected chi connectivity index (χ0v) is 15.5. The maximum Gasteiger partial charge on any atom is 0.458 e. The molecule has 4 nitrogen and oxygen atoms in total. The number of rotatable bonds is 5. The van der Waals surface area contributed by atoms with Gasteiger partial charge in [-0.15, -0.1) is 0 Å². The highest BCUT2D eigenvalue weighted by Crippen LogP contribution is 2.63. The Hall–Kier alpha value is -0.830. The molecule has 0 radical (unpaired) electrons. The zero-order chi connectivity index (χ0) is 16.9. The Morgan fingerprint density at radius 2 is 1.62 bits per heavy atom. The van der Waals surface area contributed by atoms with Crippen molar-refractivity contribution in [2.45, 2.75) is 51.5 Å². The molecule has 4 saturated carbocycles. The van der Waals surface area contributed by atoms with E-state index in [-0.39, 0.29) is 11.5 Å². The van der Waals surface area contributed by atoms with Crippen LogP contribution in [0.15, 0.2) is 30.3 Å². The second kappa shape index (κ2) is 5.86. The molecule has 0 aromatic heterocycles. The Labute approximate surface area is 144 Å². The van der Waals surface area contributed by atoms with Crippen LogP contribution in [0.2, 0.25) is 0 Å². The first-order valence-electron chi connectivity index (χ1n) is 9.19. The predicted molar refractivity (Wildman–Crippen MR) is 94.7 cm³/mol. The number of nitrogens with zero attached hydrogens (tertiary/aromatic N) is 1. The molecular formula is C19H28NO3P. The van der Waals surface area contributed by atoms with Crippen molar-refractivity contribution in [3.8, 4) is 5.75 Å². The minimum Gasteiger partial charge on any atom is -0.413 e. The number of benzene rings is 1. The van der Waals surface area contributed by atoms with E-state index in [4.69, 9.17) is 4.52 Å². The summed E-state index contributed by atoms with van der Waals surface area (Å²) in [5.74, 6) is 2.95. The molecule has 5 rings (SSSR count). The summed E-state index contributed by atoms with van der Waals surface area (Å²) < 4.78 is 20.0. The first-order chi connectivity index (χ1) is 11.4. The van der Waals surface area contributed by atoms with Crippen LogP contribution in [0.5, 0.6) is 5.75 Å². The summed E-state index contributed by atoms with van der Waals surface area (Å²) in [5.41, 5.74) is 0.196. The molecule has 1 aromatic carbocycles. The van der Waals surface area contributed by atoms with Crippen LogP contribution in [0.1, 0.15) is 45.4 Å². The lowest BCUT2D eigenvalue weighted by molar-refractivity contribution is -0.0835. The average Bonchev–Trinajstić information content (AvgIpc) is 2.52. The highest BCUT2D eigenvalue weighted by atomic mass is 31.2. The van der Waals surface area contributed by atoms with E-state index >= 15 is 0 Å². The second-order valence-corrected chi connectivity index (χ2v) is 10.2. The standard InChI is InChI=1S/C19H28NO3P/c1-14(19-11-15-8-16(12-19)10-17(9-15)13-19)20(2)24(21,22)23-18-6-4-3-5-7-18/h3-7,14-17H,8-13H2,1-2H3,(H,21,22). The van der Waals surface area contributed by atoms with Gasteiger partial charge in [0.05, 0.1) is 0 Å². The number of para-hydroxylation sites is 1. The van der Waals surface area contributed by atoms with Gasteiger partial charge in [-0.1, -0.05) is 18.2 Å². The SMILES string of the molecule is CC(N(C)P(=O)(O)Oc1ccccc1)C12CC3CC(CC(C3)C1)C2. The van der Waals surface area contributed by atoms with Crippen molar-refractivity contribution < 1.29 is 14.0 Å². The fourth-order valence-corrected chi connectivity index (χ4v) is 7.20. The van der Waals surface area contributed by atoms with E-state index in [1.54, 1.807) is 23.9 Å². The summed E-state index contributed by atoms with van der Waals surface area (Å²) in [7, 11) is -2.09. The molecule has 1 N–H and O–H groups in total. The molecular weight excluding hydrogens is 321 g/mol. The first kappa shape index (κ1) is 16.6. The molecule has 0 saturated heterocycles. The fourth-order valence-electron chi connectivity index (χ4n) is 5.99. The third-order valence-corrected chi connectivity index (χ3v) is 8.49. The van der Waals surface area contributed by atoms with E-state index in [0.29, 0.717) is 5.75 Å². The minimum absolute atomic E-state index is 0.0606. The fraction of sp³-hybridized carbons (Fsp3) is 0.684. The van der Waals surface area contributed by atoms with Crippen LogP contribution in [-0.4, -0.2) is 22.7 Å². The van der Waals surface area contributed by atoms with Gasteiger partial charge in [0.15, 0.2) is 0 Å². The summed E-state index contributed by atoms with van der Waals surface area (Å²) in [6.45, 7) is 2.13. The van der Waals surface area contributed by atoms with Gasteiger partial charge in [-0.3, -0.25) is 0 Å². The van der Waals surface area contributed by atoms with Crippen molar-refractivity contribution in [3.63, 3.8) is 0 Å². The third kappa shape index (κ3) is 2.83. The van der Waals surface area contributed by atoms with Crippen molar-refractivity contribution in [2.75, 3.05) is 7.05 Å². The van der Waals surface area contributed by atoms with Gasteiger partial charge in [0.1, 0.15) is 5.75 Å². The summed E-state index contributed by atoms with van der Waals surface area (Å²) in [5, 5.41) is 0. The Morgan fingerprint density at radius 3 is 2.12 bits per heavy atom. The van der Waals surface area contributed by atoms with Crippen LogP contribution in [0.3, 0.4) is 0 Å². The zero-order valence-electron chi connectivity index (χ0n) is 14.6. The summed E-state index contributed by atoms with van der Waals surface area (Å²) in [6.07, 6.45) is 7.80. The third-order valence-electron chi connectivity index (χ3n) is 6.90. The molecule has 0 aliphatic heterocycles. The summed E-state index contributed by atoms with van der Waals surface area (Å²) >= 11 is 0. The van der Waals surface area contributed by atoms with Gasteiger partial charge in [-0.05, 0) is 87.8 Å². The Kier molecular flexibility index (Phi) is 4.06. The molecule has 24 heavy (non-hydrogen) atoms. The van der Waals surface area contributed by atoms with Crippen molar-refractivity contribution in [2.24, 2.45) is 23.2 Å². The molecule has 4 bridgehead atoms. The molecule has 2 unspecified atom stereocenters. The van der Waals surface area contributed by atoms with Crippen molar-refractivity contribution in [1.82, 2.24) is 4.67 Å². The van der Waals surface area contributed by atoms with Crippen LogP contribution in [-0.2, 0) is 4.57 Å². The Balaban J connectivity index is 1.53. The highest BCUT2D eigenvalue weighted by molar-refractivity contribution is 7.50. The molecule has 5 heteroatoms. The molecule has 2 atom stereocenters. The van der Waals surface area contributed by atoms with Crippen LogP contribution < -0.4 is 4.52 Å². The Bertz CT molecular complexity index is 612. The normalized spacial score (nSPS) is 38.1. The van der Waals surface area contributed by atoms with Crippen LogP contribution >= 0.6 is 7.75 Å². The van der Waals surface area contributed by atoms with Gasteiger partial charge in [0.2, 0.25) is 0 Å². The number of hydrogen-bond acceptors (Lipinski definition) is 2. The molecule has 0 heterocycles. The molecule has 0 spiro atoms. The van der Waals surface area contributed by atoms with Gasteiger partial charge in [-0.2, -0.15) is 4.67 Å². The monoisotopic (exact) mass is 349 g/mol. The highest BCUT2D eigenvalue weighted by Gasteiger charge is 2.55. The largest absolute Gasteiger partial charge is 0.458 e. The minimum atomic E-state index is -3.85. The maximum absolute atomic E-state index is 12.9. The van der Waals surface area contributed by atoms with E-state index in [1.807, 2.05) is 18.2 Å². The quantitative estimate of drug-likeness (QED) is 0.783. The summed E-state index contributed by atoms with van der Waals surface area (Å²) in [4.78, 5) is 10.6. The average molecular weight is 349 g/mol. The van der Waals surface area contributed by atoms with Crippen molar-refractivity contribution >= 4 is 7.75 Å². The van der Waals surface area contributed by atoms with Crippen LogP contribution in [0, 0.1) is 23.2 Å². The lowest BCUT2D eigenvalue weighted by Gasteiger charge is -2.60. The lowest BCUT2D eigenvalue weighted by Crippen LogP contribution is -2.54. The van der Waals surface area contributed by atoms with Crippen LogP contribution in [0.25, 0.3) is 0 Å². The van der Waals surface area contributed by atoms with E-state index in [0.717, 1.165) is 17.8 Å². The molecule has 4 fully saturated rings. The van der Waals surface area contributed by atoms with E-state index in [1.165, 1.54) is 38.5 Å².